The van der Waals surface area contributed by atoms with Crippen molar-refractivity contribution < 1.29 is 14.4 Å². The number of hydrogen-bond donors (Lipinski definition) is 2. The van der Waals surface area contributed by atoms with Gasteiger partial charge in [0, 0.05) is 34.0 Å². The Morgan fingerprint density at radius 2 is 1.88 bits per heavy atom. The first-order valence-electron chi connectivity index (χ1n) is 11.4. The highest BCUT2D eigenvalue weighted by Gasteiger charge is 2.28. The summed E-state index contributed by atoms with van der Waals surface area (Å²) in [6.45, 7) is 4.49. The second kappa shape index (κ2) is 9.82. The Balaban J connectivity index is 1.50. The van der Waals surface area contributed by atoms with Crippen LogP contribution in [0.4, 0.5) is 0 Å². The summed E-state index contributed by atoms with van der Waals surface area (Å²) < 4.78 is 7.37. The molecule has 9 heteroatoms. The van der Waals surface area contributed by atoms with Crippen molar-refractivity contribution in [3.05, 3.63) is 75.4 Å². The lowest BCUT2D eigenvalue weighted by Gasteiger charge is -2.29. The molecule has 2 N–H and O–H groups in total. The number of thioether (sulfide) groups is 1. The molecular formula is C25H26ClN4O3S+. The average Bonchev–Trinajstić information content (AvgIpc) is 3.26. The number of aromatic hydroxyl groups is 1. The van der Waals surface area contributed by atoms with Crippen LogP contribution in [-0.4, -0.2) is 33.0 Å². The minimum atomic E-state index is -0.448. The van der Waals surface area contributed by atoms with E-state index in [1.807, 2.05) is 24.3 Å². The van der Waals surface area contributed by atoms with Gasteiger partial charge in [-0.1, -0.05) is 23.4 Å². The summed E-state index contributed by atoms with van der Waals surface area (Å²) in [7, 11) is 0. The number of rotatable bonds is 6. The molecule has 2 aromatic heterocycles. The lowest BCUT2D eigenvalue weighted by molar-refractivity contribution is -0.935. The number of piperidine rings is 1. The quantitative estimate of drug-likeness (QED) is 0.307. The number of likely N-dealkylation sites (tertiary alicyclic amines) is 1. The van der Waals surface area contributed by atoms with E-state index < -0.39 is 5.63 Å². The number of nitrogens with one attached hydrogen (secondary N) is 1. The molecule has 0 amide bonds. The van der Waals surface area contributed by atoms with Gasteiger partial charge in [-0.2, -0.15) is 0 Å². The van der Waals surface area contributed by atoms with E-state index in [0.29, 0.717) is 16.4 Å². The number of hydrogen-bond acceptors (Lipinski definition) is 6. The molecule has 1 atom stereocenters. The van der Waals surface area contributed by atoms with Gasteiger partial charge in [0.2, 0.25) is 0 Å². The molecule has 3 heterocycles. The van der Waals surface area contributed by atoms with Gasteiger partial charge in [-0.25, -0.2) is 4.79 Å². The topological polar surface area (TPSA) is 85.6 Å². The zero-order valence-electron chi connectivity index (χ0n) is 18.8. The molecule has 0 radical (unpaired) electrons. The number of quaternary nitrogens is 1. The molecule has 4 aromatic rings. The van der Waals surface area contributed by atoms with Crippen LogP contribution in [0.1, 0.15) is 43.6 Å². The van der Waals surface area contributed by atoms with Crippen LogP contribution >= 0.6 is 23.4 Å². The zero-order chi connectivity index (χ0) is 23.7. The van der Waals surface area contributed by atoms with Crippen LogP contribution in [0, 0.1) is 0 Å². The maximum absolute atomic E-state index is 12.1. The third-order valence-electron chi connectivity index (χ3n) is 6.41. The molecule has 34 heavy (non-hydrogen) atoms. The number of fused-ring (bicyclic) bond motifs is 1. The van der Waals surface area contributed by atoms with E-state index in [-0.39, 0.29) is 11.8 Å². The summed E-state index contributed by atoms with van der Waals surface area (Å²) in [5.41, 5.74) is 1.69. The first kappa shape index (κ1) is 23.0. The molecule has 0 saturated carbocycles. The van der Waals surface area contributed by atoms with Crippen molar-refractivity contribution in [1.82, 2.24) is 14.8 Å². The molecule has 0 spiro atoms. The van der Waals surface area contributed by atoms with Gasteiger partial charge < -0.3 is 14.4 Å². The lowest BCUT2D eigenvalue weighted by Crippen LogP contribution is -3.12. The third-order valence-corrected chi connectivity index (χ3v) is 7.64. The van der Waals surface area contributed by atoms with Gasteiger partial charge >= 0.3 is 5.63 Å². The number of halogens is 1. The van der Waals surface area contributed by atoms with Crippen molar-refractivity contribution in [2.45, 2.75) is 43.1 Å². The van der Waals surface area contributed by atoms with Crippen molar-refractivity contribution in [2.75, 3.05) is 13.1 Å². The Hall–Kier alpha value is -2.81. The Morgan fingerprint density at radius 1 is 1.12 bits per heavy atom. The molecule has 5 rings (SSSR count). The second-order valence-corrected chi connectivity index (χ2v) is 10.0. The fourth-order valence-corrected chi connectivity index (χ4v) is 5.67. The number of phenolic OH excluding ortho intramolecular Hbond substituents is 1. The van der Waals surface area contributed by atoms with Crippen LogP contribution in [0.5, 0.6) is 5.75 Å². The summed E-state index contributed by atoms with van der Waals surface area (Å²) in [6.07, 6.45) is 3.75. The fraction of sp³-hybridized carbons (Fsp3) is 0.320. The summed E-state index contributed by atoms with van der Waals surface area (Å²) in [5, 5.41) is 21.1. The van der Waals surface area contributed by atoms with Crippen molar-refractivity contribution in [1.29, 1.82) is 0 Å². The van der Waals surface area contributed by atoms with Gasteiger partial charge in [0.1, 0.15) is 17.4 Å². The molecule has 1 aliphatic rings. The predicted octanol–water partition coefficient (Wildman–Crippen LogP) is 4.15. The van der Waals surface area contributed by atoms with Crippen molar-refractivity contribution in [2.24, 2.45) is 0 Å². The molecular weight excluding hydrogens is 472 g/mol. The number of nitrogens with zero attached hydrogens (tertiary/aromatic N) is 3. The molecule has 1 fully saturated rings. The first-order chi connectivity index (χ1) is 16.5. The van der Waals surface area contributed by atoms with E-state index in [4.69, 9.17) is 16.0 Å². The Bertz CT molecular complexity index is 1360. The van der Waals surface area contributed by atoms with Crippen LogP contribution in [0.25, 0.3) is 16.7 Å². The summed E-state index contributed by atoms with van der Waals surface area (Å²) in [6, 6.07) is 14.2. The van der Waals surface area contributed by atoms with E-state index in [9.17, 15) is 9.90 Å². The minimum Gasteiger partial charge on any atom is -0.508 e. The highest BCUT2D eigenvalue weighted by atomic mass is 35.5. The van der Waals surface area contributed by atoms with E-state index in [2.05, 4.69) is 21.7 Å². The highest BCUT2D eigenvalue weighted by molar-refractivity contribution is 7.98. The largest absolute Gasteiger partial charge is 0.508 e. The smallest absolute Gasteiger partial charge is 0.336 e. The van der Waals surface area contributed by atoms with E-state index in [1.165, 1.54) is 48.1 Å². The molecule has 0 aliphatic carbocycles. The van der Waals surface area contributed by atoms with Crippen LogP contribution in [-0.2, 0) is 5.75 Å². The summed E-state index contributed by atoms with van der Waals surface area (Å²) >= 11 is 7.67. The van der Waals surface area contributed by atoms with Gasteiger partial charge in [-0.15, -0.1) is 10.2 Å². The maximum Gasteiger partial charge on any atom is 0.336 e. The molecule has 1 aliphatic heterocycles. The van der Waals surface area contributed by atoms with E-state index in [1.54, 1.807) is 12.1 Å². The summed E-state index contributed by atoms with van der Waals surface area (Å²) in [4.78, 5) is 13.6. The fourth-order valence-electron chi connectivity index (χ4n) is 4.59. The molecule has 1 saturated heterocycles. The van der Waals surface area contributed by atoms with Gasteiger partial charge in [0.25, 0.3) is 0 Å². The van der Waals surface area contributed by atoms with Crippen LogP contribution < -0.4 is 10.5 Å². The van der Waals surface area contributed by atoms with Crippen molar-refractivity contribution in [3.63, 3.8) is 0 Å². The van der Waals surface area contributed by atoms with Crippen LogP contribution in [0.15, 0.2) is 62.9 Å². The molecule has 1 unspecified atom stereocenters. The average molecular weight is 498 g/mol. The van der Waals surface area contributed by atoms with Gasteiger partial charge in [-0.05, 0) is 68.1 Å². The van der Waals surface area contributed by atoms with Crippen molar-refractivity contribution in [3.8, 4) is 11.4 Å². The third kappa shape index (κ3) is 4.71. The number of phenols is 1. The highest BCUT2D eigenvalue weighted by Crippen LogP contribution is 2.30. The Morgan fingerprint density at radius 3 is 2.65 bits per heavy atom. The number of benzene rings is 2. The van der Waals surface area contributed by atoms with Gasteiger partial charge in [0.05, 0.1) is 13.1 Å². The maximum atomic E-state index is 12.1. The van der Waals surface area contributed by atoms with Crippen LogP contribution in [0.2, 0.25) is 5.02 Å². The molecule has 176 valence electrons. The molecule has 0 bridgehead atoms. The lowest BCUT2D eigenvalue weighted by atomic mass is 10.1. The van der Waals surface area contributed by atoms with Gasteiger partial charge in [-0.3, -0.25) is 4.57 Å². The predicted molar refractivity (Wildman–Crippen MR) is 133 cm³/mol. The monoisotopic (exact) mass is 497 g/mol. The van der Waals surface area contributed by atoms with Gasteiger partial charge in [0.15, 0.2) is 11.0 Å². The summed E-state index contributed by atoms with van der Waals surface area (Å²) in [5.74, 6) is 1.48. The molecule has 2 aromatic carbocycles. The standard InChI is InChI=1S/C25H25ClN4O3S/c1-16(29-11-3-2-4-12-29)24-27-28-25(30(24)19-7-5-18(26)6-8-19)34-15-17-13-23(32)33-22-14-20(31)9-10-21(17)22/h5-10,13-14,16,31H,2-4,11-12,15H2,1H3/p+1. The Kier molecular flexibility index (Phi) is 6.63. The zero-order valence-corrected chi connectivity index (χ0v) is 20.4. The minimum absolute atomic E-state index is 0.0572. The number of aromatic nitrogens is 3. The van der Waals surface area contributed by atoms with E-state index >= 15 is 0 Å². The second-order valence-electron chi connectivity index (χ2n) is 8.65. The first-order valence-corrected chi connectivity index (χ1v) is 12.8. The van der Waals surface area contributed by atoms with Crippen molar-refractivity contribution >= 4 is 34.3 Å². The van der Waals surface area contributed by atoms with Crippen LogP contribution in [0.3, 0.4) is 0 Å². The van der Waals surface area contributed by atoms with E-state index in [0.717, 1.165) is 40.7 Å². The Labute approximate surface area is 206 Å². The molecule has 7 nitrogen and oxygen atoms in total. The SMILES string of the molecule is CC(c1nnc(SCc2cc(=O)oc3cc(O)ccc23)n1-c1ccc(Cl)cc1)[NH+]1CCCCC1. The normalized spacial score (nSPS) is 15.6.